The quantitative estimate of drug-likeness (QED) is 0.692. The molecule has 0 unspecified atom stereocenters. The van der Waals surface area contributed by atoms with E-state index in [1.165, 1.54) is 0 Å². The zero-order chi connectivity index (χ0) is 18.8. The Morgan fingerprint density at radius 3 is 3.07 bits per heavy atom. The first-order valence-electron chi connectivity index (χ1n) is 9.35. The Bertz CT molecular complexity index is 946. The fraction of sp³-hybridized carbons (Fsp3) is 0.450. The predicted octanol–water partition coefficient (Wildman–Crippen LogP) is 3.12. The van der Waals surface area contributed by atoms with Crippen molar-refractivity contribution in [3.63, 3.8) is 0 Å². The molecule has 0 saturated carbocycles. The number of carbonyl (C=O) groups excluding carboxylic acids is 1. The lowest BCUT2D eigenvalue weighted by Gasteiger charge is -2.33. The standard InChI is InChI=1S/C20H24N4O3/c1-23-11-8-14-6-7-15(13-17(14)23)20(25)24-10-4-3-5-16(24)19-21-18(22-27-19)9-12-26-2/h6-8,11,13,16H,3-5,9-10,12H2,1-2H3/t16-/m1/s1. The van der Waals surface area contributed by atoms with Crippen LogP contribution in [0.4, 0.5) is 0 Å². The van der Waals surface area contributed by atoms with Crippen molar-refractivity contribution >= 4 is 16.8 Å². The molecule has 7 nitrogen and oxygen atoms in total. The maximum atomic E-state index is 13.2. The summed E-state index contributed by atoms with van der Waals surface area (Å²) in [6.45, 7) is 1.24. The fourth-order valence-electron chi connectivity index (χ4n) is 3.69. The number of hydrogen-bond donors (Lipinski definition) is 0. The van der Waals surface area contributed by atoms with E-state index in [0.717, 1.165) is 30.2 Å². The Morgan fingerprint density at radius 2 is 2.22 bits per heavy atom. The van der Waals surface area contributed by atoms with Gasteiger partial charge in [0.25, 0.3) is 5.91 Å². The van der Waals surface area contributed by atoms with E-state index in [0.29, 0.717) is 36.9 Å². The number of piperidine rings is 1. The van der Waals surface area contributed by atoms with Crippen LogP contribution in [0.2, 0.25) is 0 Å². The van der Waals surface area contributed by atoms with Gasteiger partial charge < -0.3 is 18.7 Å². The van der Waals surface area contributed by atoms with Crippen LogP contribution in [0.5, 0.6) is 0 Å². The molecule has 0 radical (unpaired) electrons. The molecule has 4 rings (SSSR count). The highest BCUT2D eigenvalue weighted by Gasteiger charge is 2.32. The molecule has 27 heavy (non-hydrogen) atoms. The molecule has 1 aliphatic heterocycles. The molecule has 0 aliphatic carbocycles. The molecule has 0 spiro atoms. The summed E-state index contributed by atoms with van der Waals surface area (Å²) in [5.41, 5.74) is 1.74. The number of hydrogen-bond acceptors (Lipinski definition) is 5. The van der Waals surface area contributed by atoms with Crippen LogP contribution in [0, 0.1) is 0 Å². The average molecular weight is 368 g/mol. The van der Waals surface area contributed by atoms with E-state index in [4.69, 9.17) is 9.26 Å². The van der Waals surface area contributed by atoms with Crippen molar-refractivity contribution in [1.29, 1.82) is 0 Å². The molecule has 0 bridgehead atoms. The molecule has 1 amide bonds. The van der Waals surface area contributed by atoms with Crippen molar-refractivity contribution < 1.29 is 14.1 Å². The van der Waals surface area contributed by atoms with Gasteiger partial charge in [0, 0.05) is 44.4 Å². The normalized spacial score (nSPS) is 17.6. The number of ether oxygens (including phenoxy) is 1. The second-order valence-electron chi connectivity index (χ2n) is 7.00. The Balaban J connectivity index is 1.60. The SMILES string of the molecule is COCCc1noc([C@H]2CCCCN2C(=O)c2ccc3ccn(C)c3c2)n1. The van der Waals surface area contributed by atoms with Crippen molar-refractivity contribution in [1.82, 2.24) is 19.6 Å². The number of benzene rings is 1. The van der Waals surface area contributed by atoms with Gasteiger partial charge in [0.1, 0.15) is 6.04 Å². The first kappa shape index (κ1) is 17.7. The van der Waals surface area contributed by atoms with Gasteiger partial charge in [-0.1, -0.05) is 11.2 Å². The third-order valence-corrected chi connectivity index (χ3v) is 5.20. The van der Waals surface area contributed by atoms with E-state index in [1.807, 2.05) is 47.0 Å². The molecule has 1 fully saturated rings. The average Bonchev–Trinajstić information content (AvgIpc) is 3.32. The summed E-state index contributed by atoms with van der Waals surface area (Å²) in [7, 11) is 3.63. The monoisotopic (exact) mass is 368 g/mol. The number of rotatable bonds is 5. The molecule has 3 aromatic rings. The predicted molar refractivity (Wildman–Crippen MR) is 100 cm³/mol. The van der Waals surface area contributed by atoms with Crippen LogP contribution < -0.4 is 0 Å². The molecular formula is C20H24N4O3. The topological polar surface area (TPSA) is 73.4 Å². The smallest absolute Gasteiger partial charge is 0.254 e. The van der Waals surface area contributed by atoms with Gasteiger partial charge in [-0.2, -0.15) is 4.98 Å². The van der Waals surface area contributed by atoms with Crippen LogP contribution in [-0.4, -0.2) is 45.8 Å². The summed E-state index contributed by atoms with van der Waals surface area (Å²) in [5, 5.41) is 5.16. The van der Waals surface area contributed by atoms with E-state index in [1.54, 1.807) is 7.11 Å². The van der Waals surface area contributed by atoms with Gasteiger partial charge in [-0.25, -0.2) is 0 Å². The van der Waals surface area contributed by atoms with Gasteiger partial charge in [0.2, 0.25) is 5.89 Å². The molecule has 142 valence electrons. The Hall–Kier alpha value is -2.67. The number of aromatic nitrogens is 3. The van der Waals surface area contributed by atoms with Crippen LogP contribution in [-0.2, 0) is 18.2 Å². The van der Waals surface area contributed by atoms with E-state index < -0.39 is 0 Å². The van der Waals surface area contributed by atoms with Crippen molar-refractivity contribution in [2.24, 2.45) is 7.05 Å². The largest absolute Gasteiger partial charge is 0.384 e. The van der Waals surface area contributed by atoms with Gasteiger partial charge in [-0.3, -0.25) is 4.79 Å². The van der Waals surface area contributed by atoms with Gasteiger partial charge in [-0.15, -0.1) is 0 Å². The third kappa shape index (κ3) is 3.47. The molecule has 2 aromatic heterocycles. The van der Waals surface area contributed by atoms with Gasteiger partial charge >= 0.3 is 0 Å². The minimum atomic E-state index is -0.167. The number of methoxy groups -OCH3 is 1. The summed E-state index contributed by atoms with van der Waals surface area (Å²) in [6.07, 6.45) is 5.47. The highest BCUT2D eigenvalue weighted by Crippen LogP contribution is 2.31. The summed E-state index contributed by atoms with van der Waals surface area (Å²) < 4.78 is 12.6. The van der Waals surface area contributed by atoms with Crippen LogP contribution in [0.3, 0.4) is 0 Å². The first-order valence-corrected chi connectivity index (χ1v) is 9.35. The van der Waals surface area contributed by atoms with Crippen LogP contribution in [0.1, 0.15) is 47.4 Å². The first-order chi connectivity index (χ1) is 13.2. The summed E-state index contributed by atoms with van der Waals surface area (Å²) >= 11 is 0. The lowest BCUT2D eigenvalue weighted by Crippen LogP contribution is -2.38. The molecule has 7 heteroatoms. The van der Waals surface area contributed by atoms with E-state index >= 15 is 0 Å². The van der Waals surface area contributed by atoms with Crippen molar-refractivity contribution in [3.8, 4) is 0 Å². The molecule has 1 aliphatic rings. The number of nitrogens with zero attached hydrogens (tertiary/aromatic N) is 4. The number of carbonyl (C=O) groups is 1. The second kappa shape index (κ2) is 7.52. The Labute approximate surface area is 157 Å². The van der Waals surface area contributed by atoms with E-state index in [-0.39, 0.29) is 11.9 Å². The highest BCUT2D eigenvalue weighted by molar-refractivity contribution is 5.98. The minimum absolute atomic E-state index is 0.0134. The van der Waals surface area contributed by atoms with Gasteiger partial charge in [-0.05, 0) is 42.8 Å². The van der Waals surface area contributed by atoms with E-state index in [9.17, 15) is 4.79 Å². The molecule has 1 atom stereocenters. The fourth-order valence-corrected chi connectivity index (χ4v) is 3.69. The zero-order valence-corrected chi connectivity index (χ0v) is 15.7. The van der Waals surface area contributed by atoms with Crippen LogP contribution in [0.15, 0.2) is 35.0 Å². The van der Waals surface area contributed by atoms with Crippen LogP contribution >= 0.6 is 0 Å². The van der Waals surface area contributed by atoms with Crippen molar-refractivity contribution in [3.05, 3.63) is 47.7 Å². The molecule has 1 aromatic carbocycles. The minimum Gasteiger partial charge on any atom is -0.384 e. The highest BCUT2D eigenvalue weighted by atomic mass is 16.5. The maximum Gasteiger partial charge on any atom is 0.254 e. The van der Waals surface area contributed by atoms with Crippen molar-refractivity contribution in [2.45, 2.75) is 31.7 Å². The third-order valence-electron chi connectivity index (χ3n) is 5.20. The lowest BCUT2D eigenvalue weighted by atomic mass is 10.0. The summed E-state index contributed by atoms with van der Waals surface area (Å²) in [5.74, 6) is 1.16. The molecule has 3 heterocycles. The number of likely N-dealkylation sites (tertiary alicyclic amines) is 1. The second-order valence-corrected chi connectivity index (χ2v) is 7.00. The Kier molecular flexibility index (Phi) is 4.94. The Morgan fingerprint density at radius 1 is 1.33 bits per heavy atom. The lowest BCUT2D eigenvalue weighted by molar-refractivity contribution is 0.0561. The summed E-state index contributed by atoms with van der Waals surface area (Å²) in [4.78, 5) is 19.6. The molecule has 1 saturated heterocycles. The van der Waals surface area contributed by atoms with Gasteiger partial charge in [0.05, 0.1) is 6.61 Å². The van der Waals surface area contributed by atoms with Gasteiger partial charge in [0.15, 0.2) is 5.82 Å². The van der Waals surface area contributed by atoms with Crippen LogP contribution in [0.25, 0.3) is 10.9 Å². The summed E-state index contributed by atoms with van der Waals surface area (Å²) in [6, 6.07) is 7.73. The number of amides is 1. The zero-order valence-electron chi connectivity index (χ0n) is 15.7. The number of fused-ring (bicyclic) bond motifs is 1. The van der Waals surface area contributed by atoms with E-state index in [2.05, 4.69) is 10.1 Å². The molecular weight excluding hydrogens is 344 g/mol. The maximum absolute atomic E-state index is 13.2. The molecule has 0 N–H and O–H groups in total. The number of aryl methyl sites for hydroxylation is 1. The van der Waals surface area contributed by atoms with Crippen molar-refractivity contribution in [2.75, 3.05) is 20.3 Å².